The smallest absolute Gasteiger partial charge is 0.410 e. The molecule has 49 heavy (non-hydrogen) atoms. The van der Waals surface area contributed by atoms with E-state index in [0.29, 0.717) is 46.1 Å². The van der Waals surface area contributed by atoms with E-state index in [4.69, 9.17) is 9.16 Å². The molecule has 0 spiro atoms. The molecule has 0 unspecified atom stereocenters. The van der Waals surface area contributed by atoms with Crippen LogP contribution in [-0.2, 0) is 19.7 Å². The second kappa shape index (κ2) is 14.3. The van der Waals surface area contributed by atoms with E-state index >= 15 is 13.2 Å². The molecule has 1 saturated heterocycles. The predicted molar refractivity (Wildman–Crippen MR) is 192 cm³/mol. The summed E-state index contributed by atoms with van der Waals surface area (Å²) in [7, 11) is -5.44. The summed E-state index contributed by atoms with van der Waals surface area (Å²) in [4.78, 5) is 27.7. The highest BCUT2D eigenvalue weighted by Crippen LogP contribution is 2.47. The highest BCUT2D eigenvalue weighted by atomic mass is 31.2. The zero-order chi connectivity index (χ0) is 36.6. The topological polar surface area (TPSA) is 107 Å². The Morgan fingerprint density at radius 2 is 1.67 bits per heavy atom. The summed E-state index contributed by atoms with van der Waals surface area (Å²) in [5.74, 6) is -3.87. The van der Waals surface area contributed by atoms with E-state index in [2.05, 4.69) is 20.3 Å². The molecule has 1 atom stereocenters. The number of hydrogen-bond acceptors (Lipinski definition) is 8. The van der Waals surface area contributed by atoms with Crippen LogP contribution in [0.2, 0.25) is 18.1 Å². The van der Waals surface area contributed by atoms with Crippen molar-refractivity contribution in [2.75, 3.05) is 30.7 Å². The molecule has 1 aromatic carbocycles. The number of anilines is 1. The summed E-state index contributed by atoms with van der Waals surface area (Å²) in [5.41, 5.74) is -2.38. The Morgan fingerprint density at radius 1 is 1.06 bits per heavy atom. The number of benzene rings is 1. The number of nitrogens with one attached hydrogen (secondary N) is 1. The molecule has 0 aliphatic carbocycles. The van der Waals surface area contributed by atoms with Gasteiger partial charge in [-0.05, 0) is 78.7 Å². The van der Waals surface area contributed by atoms with Crippen LogP contribution in [0.3, 0.4) is 0 Å². The van der Waals surface area contributed by atoms with Crippen LogP contribution in [-0.4, -0.2) is 70.9 Å². The lowest BCUT2D eigenvalue weighted by Gasteiger charge is -2.42. The van der Waals surface area contributed by atoms with Crippen molar-refractivity contribution < 1.29 is 31.7 Å². The third-order valence-electron chi connectivity index (χ3n) is 9.56. The van der Waals surface area contributed by atoms with E-state index in [1.165, 1.54) is 32.2 Å². The summed E-state index contributed by atoms with van der Waals surface area (Å²) in [6, 6.07) is 6.99. The Kier molecular flexibility index (Phi) is 11.3. The summed E-state index contributed by atoms with van der Waals surface area (Å²) < 4.78 is 74.5. The first kappa shape index (κ1) is 38.8. The van der Waals surface area contributed by atoms with Crippen molar-refractivity contribution in [1.82, 2.24) is 19.9 Å². The Balaban J connectivity index is 1.63. The number of hydrogen-bond donors (Lipinski definition) is 1. The van der Waals surface area contributed by atoms with Gasteiger partial charge in [0.1, 0.15) is 41.2 Å². The van der Waals surface area contributed by atoms with Crippen LogP contribution in [0.15, 0.2) is 30.5 Å². The van der Waals surface area contributed by atoms with Gasteiger partial charge in [-0.1, -0.05) is 32.9 Å². The molecule has 1 fully saturated rings. The molecule has 14 heteroatoms. The molecule has 0 bridgehead atoms. The van der Waals surface area contributed by atoms with E-state index in [1.807, 2.05) is 20.8 Å². The Morgan fingerprint density at radius 3 is 2.24 bits per heavy atom. The van der Waals surface area contributed by atoms with E-state index in [9.17, 15) is 9.36 Å². The van der Waals surface area contributed by atoms with Gasteiger partial charge in [0.25, 0.3) is 0 Å². The van der Waals surface area contributed by atoms with Gasteiger partial charge in [0, 0.05) is 36.4 Å². The molecule has 1 aliphatic rings. The Hall–Kier alpha value is -3.02. The van der Waals surface area contributed by atoms with Gasteiger partial charge < -0.3 is 23.9 Å². The third kappa shape index (κ3) is 8.15. The number of rotatable bonds is 11. The Bertz CT molecular complexity index is 1710. The molecule has 0 saturated carbocycles. The number of carbonyl (C=O) groups excluding carboxylic acids is 1. The highest BCUT2D eigenvalue weighted by Gasteiger charge is 2.54. The normalized spacial score (nSPS) is 16.5. The van der Waals surface area contributed by atoms with Crippen molar-refractivity contribution in [3.8, 4) is 0 Å². The summed E-state index contributed by atoms with van der Waals surface area (Å²) in [5, 5.41) is 3.72. The van der Waals surface area contributed by atoms with E-state index < -0.39 is 56.1 Å². The molecule has 4 rings (SSSR count). The average molecular weight is 722 g/mol. The van der Waals surface area contributed by atoms with Crippen LogP contribution in [0.5, 0.6) is 0 Å². The fourth-order valence-electron chi connectivity index (χ4n) is 6.30. The number of carbonyl (C=O) groups is 1. The molecular formula is C35H51F3N5O4PSi. The number of amides is 1. The third-order valence-corrected chi connectivity index (χ3v) is 17.3. The van der Waals surface area contributed by atoms with Crippen molar-refractivity contribution in [2.24, 2.45) is 0 Å². The first-order chi connectivity index (χ1) is 22.7. The van der Waals surface area contributed by atoms with Crippen molar-refractivity contribution in [3.63, 3.8) is 0 Å². The number of aryl methyl sites for hydroxylation is 1. The van der Waals surface area contributed by atoms with E-state index in [1.54, 1.807) is 45.6 Å². The molecule has 9 nitrogen and oxygen atoms in total. The lowest BCUT2D eigenvalue weighted by molar-refractivity contribution is -0.161. The van der Waals surface area contributed by atoms with Crippen LogP contribution in [0.25, 0.3) is 10.9 Å². The lowest BCUT2D eigenvalue weighted by Crippen LogP contribution is -2.52. The van der Waals surface area contributed by atoms with Crippen LogP contribution in [0.1, 0.15) is 85.3 Å². The van der Waals surface area contributed by atoms with Gasteiger partial charge in [-0.3, -0.25) is 4.98 Å². The van der Waals surface area contributed by atoms with Gasteiger partial charge in [0.05, 0.1) is 23.3 Å². The van der Waals surface area contributed by atoms with E-state index in [0.717, 1.165) is 6.07 Å². The van der Waals surface area contributed by atoms with Gasteiger partial charge in [0.2, 0.25) is 0 Å². The number of aromatic nitrogens is 3. The molecule has 3 heterocycles. The largest absolute Gasteiger partial charge is 0.444 e. The fourth-order valence-corrected chi connectivity index (χ4v) is 11.9. The first-order valence-electron chi connectivity index (χ1n) is 17.1. The minimum Gasteiger partial charge on any atom is -0.444 e. The first-order valence-corrected chi connectivity index (χ1v) is 21.7. The standard InChI is InChI=1S/C35H51F3N5O4PSi/c1-11-49(12-2,13-3)47-34(9,10)35(37,38)27-16-14-15-25(30(27)36)23(4)40-31-26-21-29(39-22-28(26)41-24(5)42-31)48(45)19-17-43(18-20-48)32(44)46-33(6,7)8/h14-16,21-23H,11-13,17-20H2,1-10H3,(H,40,41,42)/t23-/m1/s1. The second-order valence-corrected chi connectivity index (χ2v) is 22.3. The van der Waals surface area contributed by atoms with Crippen LogP contribution in [0.4, 0.5) is 23.8 Å². The number of fused-ring (bicyclic) bond motifs is 1. The zero-order valence-electron chi connectivity index (χ0n) is 30.4. The number of ether oxygens (including phenoxy) is 1. The van der Waals surface area contributed by atoms with Crippen molar-refractivity contribution in [2.45, 2.75) is 111 Å². The van der Waals surface area contributed by atoms with Crippen molar-refractivity contribution in [3.05, 3.63) is 53.2 Å². The van der Waals surface area contributed by atoms with Crippen LogP contribution in [0, 0.1) is 12.7 Å². The average Bonchev–Trinajstić information content (AvgIpc) is 3.02. The minimum absolute atomic E-state index is 0.0407. The van der Waals surface area contributed by atoms with Gasteiger partial charge in [-0.2, -0.15) is 8.78 Å². The van der Waals surface area contributed by atoms with Gasteiger partial charge >= 0.3 is 12.0 Å². The molecular weight excluding hydrogens is 670 g/mol. The molecule has 3 aromatic rings. The summed E-state index contributed by atoms with van der Waals surface area (Å²) in [6.07, 6.45) is 1.56. The maximum Gasteiger partial charge on any atom is 0.410 e. The molecule has 1 aliphatic heterocycles. The fraction of sp³-hybridized carbons (Fsp3) is 0.600. The Labute approximate surface area is 289 Å². The van der Waals surface area contributed by atoms with Crippen molar-refractivity contribution in [1.29, 1.82) is 0 Å². The molecule has 2 aromatic heterocycles. The number of alkyl halides is 2. The molecule has 1 N–H and O–H groups in total. The maximum absolute atomic E-state index is 16.2. The number of halogens is 3. The summed E-state index contributed by atoms with van der Waals surface area (Å²) >= 11 is 0. The SMILES string of the molecule is CC[Si](CC)(CC)OC(C)(C)C(F)(F)c1cccc([C@@H](C)Nc2nc(C)nc3cnc(P4(=O)CCN(C(=O)OC(C)(C)C)CC4)cc23)c1F. The maximum atomic E-state index is 16.2. The van der Waals surface area contributed by atoms with Crippen LogP contribution < -0.4 is 10.8 Å². The van der Waals surface area contributed by atoms with Crippen LogP contribution >= 0.6 is 7.14 Å². The lowest BCUT2D eigenvalue weighted by atomic mass is 9.91. The number of nitrogens with zero attached hydrogens (tertiary/aromatic N) is 4. The predicted octanol–water partition coefficient (Wildman–Crippen LogP) is 8.78. The quantitative estimate of drug-likeness (QED) is 0.155. The zero-order valence-corrected chi connectivity index (χ0v) is 32.3. The van der Waals surface area contributed by atoms with Gasteiger partial charge in [-0.15, -0.1) is 0 Å². The summed E-state index contributed by atoms with van der Waals surface area (Å²) in [6.45, 7) is 17.9. The number of pyridine rings is 1. The minimum atomic E-state index is -3.62. The highest BCUT2D eigenvalue weighted by molar-refractivity contribution is 7.71. The molecule has 1 amide bonds. The molecule has 0 radical (unpaired) electrons. The van der Waals surface area contributed by atoms with Crippen molar-refractivity contribution >= 4 is 43.7 Å². The monoisotopic (exact) mass is 721 g/mol. The van der Waals surface area contributed by atoms with E-state index in [-0.39, 0.29) is 31.0 Å². The van der Waals surface area contributed by atoms with Gasteiger partial charge in [0.15, 0.2) is 8.32 Å². The van der Waals surface area contributed by atoms with Gasteiger partial charge in [-0.25, -0.2) is 19.2 Å². The molecule has 270 valence electrons. The second-order valence-electron chi connectivity index (χ2n) is 14.5.